The molecule has 0 aliphatic carbocycles. The highest BCUT2D eigenvalue weighted by molar-refractivity contribution is 7.20. The molecule has 0 unspecified atom stereocenters. The number of fused-ring (bicyclic) bond motifs is 1. The first-order valence-corrected chi connectivity index (χ1v) is 10.4. The molecule has 4 aromatic rings. The molecule has 0 aliphatic rings. The summed E-state index contributed by atoms with van der Waals surface area (Å²) in [6.07, 6.45) is 0. The fraction of sp³-hybridized carbons (Fsp3) is 0.0952. The molecule has 2 aromatic carbocycles. The molecule has 146 valence electrons. The average Bonchev–Trinajstić information content (AvgIpc) is 3.12. The molecule has 1 atom stereocenters. The van der Waals surface area contributed by atoms with E-state index in [0.29, 0.717) is 36.4 Å². The Morgan fingerprint density at radius 2 is 1.86 bits per heavy atom. The second-order valence-corrected chi connectivity index (χ2v) is 8.36. The number of halogens is 2. The number of nitrogens with two attached hydrogens (primary N) is 1. The van der Waals surface area contributed by atoms with Crippen molar-refractivity contribution in [2.75, 3.05) is 5.73 Å². The number of nitrogen functional groups attached to an aromatic ring is 1. The second kappa shape index (κ2) is 7.99. The fourth-order valence-corrected chi connectivity index (χ4v) is 4.47. The lowest BCUT2D eigenvalue weighted by Crippen LogP contribution is -2.25. The Balaban J connectivity index is 1.71. The van der Waals surface area contributed by atoms with E-state index in [9.17, 15) is 4.79 Å². The third-order valence-electron chi connectivity index (χ3n) is 4.47. The Kier molecular flexibility index (Phi) is 5.41. The van der Waals surface area contributed by atoms with E-state index in [4.69, 9.17) is 28.9 Å². The van der Waals surface area contributed by atoms with Crippen LogP contribution in [0.1, 0.15) is 28.2 Å². The Labute approximate surface area is 181 Å². The van der Waals surface area contributed by atoms with Gasteiger partial charge in [0.1, 0.15) is 4.83 Å². The summed E-state index contributed by atoms with van der Waals surface area (Å²) < 4.78 is 0. The van der Waals surface area contributed by atoms with Gasteiger partial charge >= 0.3 is 0 Å². The number of thiophene rings is 1. The molecule has 0 fully saturated rings. The predicted molar refractivity (Wildman–Crippen MR) is 120 cm³/mol. The summed E-state index contributed by atoms with van der Waals surface area (Å²) >= 11 is 13.6. The van der Waals surface area contributed by atoms with E-state index >= 15 is 0 Å². The van der Waals surface area contributed by atoms with Crippen molar-refractivity contribution in [1.82, 2.24) is 15.3 Å². The summed E-state index contributed by atoms with van der Waals surface area (Å²) in [5.41, 5.74) is 8.17. The first-order valence-electron chi connectivity index (χ1n) is 8.80. The van der Waals surface area contributed by atoms with Gasteiger partial charge in [-0.2, -0.15) is 0 Å². The van der Waals surface area contributed by atoms with Crippen molar-refractivity contribution in [3.8, 4) is 11.3 Å². The molecule has 3 N–H and O–H groups in total. The number of nitrogens with zero attached hydrogens (tertiary/aromatic N) is 2. The second-order valence-electron chi connectivity index (χ2n) is 6.49. The van der Waals surface area contributed by atoms with Gasteiger partial charge in [0.05, 0.1) is 21.6 Å². The van der Waals surface area contributed by atoms with Gasteiger partial charge in [-0.05, 0) is 36.8 Å². The summed E-state index contributed by atoms with van der Waals surface area (Å²) in [5.74, 6) is -0.0685. The smallest absolute Gasteiger partial charge is 0.261 e. The largest absolute Gasteiger partial charge is 0.368 e. The van der Waals surface area contributed by atoms with Crippen LogP contribution in [0.4, 0.5) is 5.95 Å². The standard InChI is InChI=1S/C21H16Cl2N4OS/c1-11(12-5-3-2-4-6-12)25-19(28)17-10-15-18(26-21(24)27-20(15)29-17)14-8-7-13(22)9-16(14)23/h2-11H,1H3,(H,25,28)(H2,24,26,27)/t11-/m1/s1. The van der Waals surface area contributed by atoms with Gasteiger partial charge < -0.3 is 11.1 Å². The topological polar surface area (TPSA) is 80.9 Å². The molecule has 1 amide bonds. The highest BCUT2D eigenvalue weighted by Crippen LogP contribution is 2.36. The third kappa shape index (κ3) is 4.05. The van der Waals surface area contributed by atoms with Crippen molar-refractivity contribution in [2.45, 2.75) is 13.0 Å². The number of carbonyl (C=O) groups is 1. The van der Waals surface area contributed by atoms with Crippen LogP contribution in [-0.4, -0.2) is 15.9 Å². The van der Waals surface area contributed by atoms with Gasteiger partial charge in [-0.3, -0.25) is 4.79 Å². The van der Waals surface area contributed by atoms with E-state index in [-0.39, 0.29) is 17.9 Å². The molecule has 0 saturated carbocycles. The molecule has 0 spiro atoms. The van der Waals surface area contributed by atoms with Crippen LogP contribution in [-0.2, 0) is 0 Å². The number of anilines is 1. The van der Waals surface area contributed by atoms with E-state index in [1.54, 1.807) is 24.3 Å². The van der Waals surface area contributed by atoms with Crippen LogP contribution in [0.25, 0.3) is 21.5 Å². The molecule has 29 heavy (non-hydrogen) atoms. The molecule has 0 bridgehead atoms. The number of benzene rings is 2. The number of carbonyl (C=O) groups excluding carboxylic acids is 1. The minimum Gasteiger partial charge on any atom is -0.368 e. The molecular formula is C21H16Cl2N4OS. The number of hydrogen-bond acceptors (Lipinski definition) is 5. The first kappa shape index (κ1) is 19.6. The summed E-state index contributed by atoms with van der Waals surface area (Å²) in [4.78, 5) is 22.6. The summed E-state index contributed by atoms with van der Waals surface area (Å²) in [6, 6.07) is 16.6. The Bertz CT molecular complexity index is 1210. The quantitative estimate of drug-likeness (QED) is 0.422. The van der Waals surface area contributed by atoms with Gasteiger partial charge in [0, 0.05) is 16.0 Å². The monoisotopic (exact) mass is 442 g/mol. The van der Waals surface area contributed by atoms with Crippen molar-refractivity contribution in [3.05, 3.63) is 75.1 Å². The molecule has 8 heteroatoms. The van der Waals surface area contributed by atoms with Crippen LogP contribution in [0.5, 0.6) is 0 Å². The normalized spacial score (nSPS) is 12.1. The Morgan fingerprint density at radius 3 is 2.59 bits per heavy atom. The molecular weight excluding hydrogens is 427 g/mol. The van der Waals surface area contributed by atoms with Crippen molar-refractivity contribution in [2.24, 2.45) is 0 Å². The van der Waals surface area contributed by atoms with Crippen molar-refractivity contribution in [3.63, 3.8) is 0 Å². The van der Waals surface area contributed by atoms with Gasteiger partial charge in [0.2, 0.25) is 5.95 Å². The lowest BCUT2D eigenvalue weighted by Gasteiger charge is -2.13. The highest BCUT2D eigenvalue weighted by Gasteiger charge is 2.19. The predicted octanol–water partition coefficient (Wildman–Crippen LogP) is 5.74. The van der Waals surface area contributed by atoms with Gasteiger partial charge in [-0.25, -0.2) is 9.97 Å². The van der Waals surface area contributed by atoms with Crippen LogP contribution < -0.4 is 11.1 Å². The molecule has 0 aliphatic heterocycles. The van der Waals surface area contributed by atoms with E-state index < -0.39 is 0 Å². The van der Waals surface area contributed by atoms with Crippen molar-refractivity contribution >= 4 is 56.6 Å². The fourth-order valence-electron chi connectivity index (χ4n) is 3.03. The maximum Gasteiger partial charge on any atom is 0.261 e. The van der Waals surface area contributed by atoms with Crippen LogP contribution in [0.3, 0.4) is 0 Å². The number of hydrogen-bond donors (Lipinski definition) is 2. The maximum absolute atomic E-state index is 12.8. The number of aromatic nitrogens is 2. The zero-order valence-electron chi connectivity index (χ0n) is 15.3. The van der Waals surface area contributed by atoms with Gasteiger partial charge in [0.25, 0.3) is 5.91 Å². The number of amides is 1. The van der Waals surface area contributed by atoms with Crippen molar-refractivity contribution < 1.29 is 4.79 Å². The van der Waals surface area contributed by atoms with E-state index in [2.05, 4.69) is 15.3 Å². The molecule has 0 saturated heterocycles. The van der Waals surface area contributed by atoms with E-state index in [0.717, 1.165) is 5.56 Å². The summed E-state index contributed by atoms with van der Waals surface area (Å²) in [6.45, 7) is 1.94. The lowest BCUT2D eigenvalue weighted by atomic mass is 10.1. The zero-order valence-corrected chi connectivity index (χ0v) is 17.6. The Morgan fingerprint density at radius 1 is 1.10 bits per heavy atom. The third-order valence-corrected chi connectivity index (χ3v) is 6.04. The maximum atomic E-state index is 12.8. The molecule has 2 heterocycles. The van der Waals surface area contributed by atoms with E-state index in [1.807, 2.05) is 37.3 Å². The van der Waals surface area contributed by atoms with Gasteiger partial charge in [0.15, 0.2) is 0 Å². The van der Waals surface area contributed by atoms with Crippen LogP contribution in [0.2, 0.25) is 10.0 Å². The van der Waals surface area contributed by atoms with Crippen molar-refractivity contribution in [1.29, 1.82) is 0 Å². The highest BCUT2D eigenvalue weighted by atomic mass is 35.5. The van der Waals surface area contributed by atoms with Gasteiger partial charge in [-0.15, -0.1) is 11.3 Å². The van der Waals surface area contributed by atoms with Crippen LogP contribution in [0, 0.1) is 0 Å². The van der Waals surface area contributed by atoms with Crippen LogP contribution >= 0.6 is 34.5 Å². The molecule has 0 radical (unpaired) electrons. The zero-order chi connectivity index (χ0) is 20.5. The van der Waals surface area contributed by atoms with Crippen LogP contribution in [0.15, 0.2) is 54.6 Å². The van der Waals surface area contributed by atoms with Gasteiger partial charge in [-0.1, -0.05) is 53.5 Å². The Hall–Kier alpha value is -2.67. The number of rotatable bonds is 4. The lowest BCUT2D eigenvalue weighted by molar-refractivity contribution is 0.0944. The average molecular weight is 443 g/mol. The molecule has 2 aromatic heterocycles. The van der Waals surface area contributed by atoms with E-state index in [1.165, 1.54) is 11.3 Å². The minimum atomic E-state index is -0.184. The SMILES string of the molecule is C[C@@H](NC(=O)c1cc2c(-c3ccc(Cl)cc3Cl)nc(N)nc2s1)c1ccccc1. The number of nitrogens with one attached hydrogen (secondary N) is 1. The molecule has 5 nitrogen and oxygen atoms in total. The minimum absolute atomic E-state index is 0.116. The first-order chi connectivity index (χ1) is 13.9. The summed E-state index contributed by atoms with van der Waals surface area (Å²) in [7, 11) is 0. The summed E-state index contributed by atoms with van der Waals surface area (Å²) in [5, 5.41) is 4.70. The molecule has 4 rings (SSSR count).